The van der Waals surface area contributed by atoms with Gasteiger partial charge in [-0.1, -0.05) is 19.8 Å². The minimum atomic E-state index is 0.611. The normalized spacial score (nSPS) is 31.2. The lowest BCUT2D eigenvalue weighted by Crippen LogP contribution is -2.43. The Hall–Kier alpha value is -0.770. The quantitative estimate of drug-likeness (QED) is 0.294. The number of nitrogens with zero attached hydrogens (tertiary/aromatic N) is 1. The van der Waals surface area contributed by atoms with Crippen LogP contribution in [0.1, 0.15) is 45.4 Å². The van der Waals surface area contributed by atoms with E-state index < -0.39 is 0 Å². The number of hydrogen-bond donors (Lipinski definition) is 3. The van der Waals surface area contributed by atoms with Crippen LogP contribution in [0.2, 0.25) is 0 Å². The minimum Gasteiger partial charge on any atom is -0.353 e. The largest absolute Gasteiger partial charge is 0.353 e. The van der Waals surface area contributed by atoms with Gasteiger partial charge in [0.1, 0.15) is 0 Å². The third kappa shape index (κ3) is 3.67. The van der Waals surface area contributed by atoms with Crippen LogP contribution in [0.3, 0.4) is 0 Å². The highest BCUT2D eigenvalue weighted by molar-refractivity contribution is 5.79. The van der Waals surface area contributed by atoms with Gasteiger partial charge in [-0.2, -0.15) is 0 Å². The summed E-state index contributed by atoms with van der Waals surface area (Å²) in [4.78, 5) is 4.55. The number of rotatable bonds is 3. The zero-order valence-electron chi connectivity index (χ0n) is 10.2. The van der Waals surface area contributed by atoms with Crippen LogP contribution >= 0.6 is 0 Å². The maximum absolute atomic E-state index is 5.45. The van der Waals surface area contributed by atoms with Crippen molar-refractivity contribution in [1.29, 1.82) is 0 Å². The molecule has 2 saturated carbocycles. The van der Waals surface area contributed by atoms with Crippen LogP contribution in [0.5, 0.6) is 0 Å². The zero-order valence-corrected chi connectivity index (χ0v) is 10.2. The van der Waals surface area contributed by atoms with E-state index in [2.05, 4.69) is 22.7 Å². The molecular weight excluding hydrogens is 200 g/mol. The molecule has 2 rings (SSSR count). The van der Waals surface area contributed by atoms with E-state index in [1.54, 1.807) is 0 Å². The first-order valence-corrected chi connectivity index (χ1v) is 6.55. The third-order valence-electron chi connectivity index (χ3n) is 3.61. The van der Waals surface area contributed by atoms with E-state index in [4.69, 9.17) is 5.84 Å². The molecule has 4 heteroatoms. The van der Waals surface area contributed by atoms with Crippen LogP contribution in [-0.2, 0) is 0 Å². The monoisotopic (exact) mass is 224 g/mol. The van der Waals surface area contributed by atoms with E-state index in [1.165, 1.54) is 38.5 Å². The molecule has 0 aliphatic heterocycles. The lowest BCUT2D eigenvalue weighted by Gasteiger charge is -2.25. The highest BCUT2D eigenvalue weighted by Crippen LogP contribution is 2.28. The fraction of sp³-hybridized carbons (Fsp3) is 0.917. The maximum Gasteiger partial charge on any atom is 0.205 e. The summed E-state index contributed by atoms with van der Waals surface area (Å²) in [6.07, 6.45) is 7.91. The van der Waals surface area contributed by atoms with E-state index in [0.29, 0.717) is 6.04 Å². The van der Waals surface area contributed by atoms with Gasteiger partial charge >= 0.3 is 0 Å². The highest BCUT2D eigenvalue weighted by atomic mass is 15.3. The zero-order chi connectivity index (χ0) is 11.4. The molecule has 16 heavy (non-hydrogen) atoms. The number of hydrazine groups is 1. The van der Waals surface area contributed by atoms with Crippen molar-refractivity contribution < 1.29 is 0 Å². The molecule has 0 bridgehead atoms. The van der Waals surface area contributed by atoms with Gasteiger partial charge in [-0.15, -0.1) is 0 Å². The molecule has 2 aliphatic rings. The molecule has 4 N–H and O–H groups in total. The van der Waals surface area contributed by atoms with Gasteiger partial charge in [-0.3, -0.25) is 10.4 Å². The van der Waals surface area contributed by atoms with Crippen LogP contribution in [-0.4, -0.2) is 18.5 Å². The summed E-state index contributed by atoms with van der Waals surface area (Å²) in [6, 6.07) is 0.611. The van der Waals surface area contributed by atoms with Crippen LogP contribution in [0.15, 0.2) is 4.99 Å². The molecule has 0 amide bonds. The Labute approximate surface area is 98.0 Å². The van der Waals surface area contributed by atoms with Gasteiger partial charge in [0.25, 0.3) is 0 Å². The molecule has 2 atom stereocenters. The molecule has 0 heterocycles. The van der Waals surface area contributed by atoms with Crippen molar-refractivity contribution in [3.63, 3.8) is 0 Å². The van der Waals surface area contributed by atoms with Crippen molar-refractivity contribution in [3.05, 3.63) is 0 Å². The Kier molecular flexibility index (Phi) is 4.04. The average Bonchev–Trinajstić information content (AvgIpc) is 3.08. The molecule has 0 aromatic rings. The number of aliphatic imine (C=N–C) groups is 1. The summed E-state index contributed by atoms with van der Waals surface area (Å²) in [5.41, 5.74) is 2.66. The summed E-state index contributed by atoms with van der Waals surface area (Å²) in [7, 11) is 0. The second kappa shape index (κ2) is 5.53. The van der Waals surface area contributed by atoms with Crippen molar-refractivity contribution in [2.24, 2.45) is 22.7 Å². The van der Waals surface area contributed by atoms with Crippen LogP contribution in [0, 0.1) is 11.8 Å². The van der Waals surface area contributed by atoms with Crippen LogP contribution in [0.4, 0.5) is 0 Å². The second-order valence-electron chi connectivity index (χ2n) is 5.39. The highest BCUT2D eigenvalue weighted by Gasteiger charge is 2.22. The summed E-state index contributed by atoms with van der Waals surface area (Å²) >= 11 is 0. The van der Waals surface area contributed by atoms with E-state index >= 15 is 0 Å². The van der Waals surface area contributed by atoms with Crippen molar-refractivity contribution >= 4 is 5.96 Å². The van der Waals surface area contributed by atoms with Crippen LogP contribution in [0.25, 0.3) is 0 Å². The van der Waals surface area contributed by atoms with Gasteiger partial charge in [0.05, 0.1) is 0 Å². The predicted octanol–water partition coefficient (Wildman–Crippen LogP) is 1.38. The van der Waals surface area contributed by atoms with Crippen molar-refractivity contribution in [2.45, 2.75) is 51.5 Å². The van der Waals surface area contributed by atoms with Crippen LogP contribution < -0.4 is 16.6 Å². The van der Waals surface area contributed by atoms with Gasteiger partial charge in [0.2, 0.25) is 5.96 Å². The van der Waals surface area contributed by atoms with Gasteiger partial charge in [0.15, 0.2) is 0 Å². The smallest absolute Gasteiger partial charge is 0.205 e. The lowest BCUT2D eigenvalue weighted by molar-refractivity contribution is 0.289. The Morgan fingerprint density at radius 2 is 2.12 bits per heavy atom. The first kappa shape index (κ1) is 11.7. The molecule has 0 aromatic carbocycles. The second-order valence-corrected chi connectivity index (χ2v) is 5.39. The summed E-state index contributed by atoms with van der Waals surface area (Å²) in [6.45, 7) is 3.27. The van der Waals surface area contributed by atoms with Crippen molar-refractivity contribution in [3.8, 4) is 0 Å². The molecule has 4 nitrogen and oxygen atoms in total. The molecule has 0 radical (unpaired) electrons. The van der Waals surface area contributed by atoms with Gasteiger partial charge in [-0.05, 0) is 37.5 Å². The van der Waals surface area contributed by atoms with Gasteiger partial charge < -0.3 is 5.32 Å². The number of guanidine groups is 1. The molecular formula is C12H24N4. The first-order valence-electron chi connectivity index (χ1n) is 6.55. The Bertz CT molecular complexity index is 247. The molecule has 2 aliphatic carbocycles. The van der Waals surface area contributed by atoms with E-state index in [-0.39, 0.29) is 0 Å². The molecule has 92 valence electrons. The summed E-state index contributed by atoms with van der Waals surface area (Å²) in [5.74, 6) is 7.86. The number of nitrogens with two attached hydrogens (primary N) is 1. The van der Waals surface area contributed by atoms with E-state index in [0.717, 1.165) is 24.3 Å². The van der Waals surface area contributed by atoms with E-state index in [1.807, 2.05) is 0 Å². The fourth-order valence-corrected chi connectivity index (χ4v) is 2.50. The SMILES string of the molecule is CC1CCCC(CN=C(NN)NC2CC2)C1. The van der Waals surface area contributed by atoms with Gasteiger partial charge in [-0.25, -0.2) is 5.84 Å². The van der Waals surface area contributed by atoms with Crippen molar-refractivity contribution in [2.75, 3.05) is 6.54 Å². The Morgan fingerprint density at radius 1 is 1.31 bits per heavy atom. The molecule has 2 unspecified atom stereocenters. The Morgan fingerprint density at radius 3 is 2.75 bits per heavy atom. The molecule has 0 spiro atoms. The molecule has 0 saturated heterocycles. The fourth-order valence-electron chi connectivity index (χ4n) is 2.50. The predicted molar refractivity (Wildman–Crippen MR) is 66.9 cm³/mol. The maximum atomic E-state index is 5.45. The van der Waals surface area contributed by atoms with Crippen molar-refractivity contribution in [1.82, 2.24) is 10.7 Å². The number of hydrogen-bond acceptors (Lipinski definition) is 2. The molecule has 0 aromatic heterocycles. The third-order valence-corrected chi connectivity index (χ3v) is 3.61. The average molecular weight is 224 g/mol. The van der Waals surface area contributed by atoms with E-state index in [9.17, 15) is 0 Å². The first-order chi connectivity index (χ1) is 7.78. The number of nitrogens with one attached hydrogen (secondary N) is 2. The molecule has 2 fully saturated rings. The summed E-state index contributed by atoms with van der Waals surface area (Å²) in [5, 5.41) is 3.31. The van der Waals surface area contributed by atoms with Gasteiger partial charge in [0, 0.05) is 12.6 Å². The standard InChI is InChI=1S/C12H24N4/c1-9-3-2-4-10(7-9)8-14-12(16-13)15-11-5-6-11/h9-11H,2-8,13H2,1H3,(H2,14,15,16). The topological polar surface area (TPSA) is 62.4 Å². The lowest BCUT2D eigenvalue weighted by atomic mass is 9.82. The Balaban J connectivity index is 1.75. The minimum absolute atomic E-state index is 0.611. The summed E-state index contributed by atoms with van der Waals surface area (Å²) < 4.78 is 0.